The van der Waals surface area contributed by atoms with Gasteiger partial charge in [-0.3, -0.25) is 0 Å². The highest BCUT2D eigenvalue weighted by atomic mass is 16.7. The fourth-order valence-corrected chi connectivity index (χ4v) is 3.82. The lowest BCUT2D eigenvalue weighted by atomic mass is 9.78. The van der Waals surface area contributed by atoms with E-state index in [4.69, 9.17) is 9.31 Å². The molecular formula is C21H29BN2O2. The first-order chi connectivity index (χ1) is 12.3. The maximum atomic E-state index is 6.17. The molecule has 0 spiro atoms. The van der Waals surface area contributed by atoms with Crippen molar-refractivity contribution < 1.29 is 9.31 Å². The molecule has 138 valence electrons. The van der Waals surface area contributed by atoms with E-state index in [0.717, 1.165) is 16.7 Å². The molecule has 2 aliphatic rings. The van der Waals surface area contributed by atoms with Crippen molar-refractivity contribution in [1.82, 2.24) is 4.98 Å². The number of hydrogen-bond donors (Lipinski definition) is 1. The first-order valence-electron chi connectivity index (χ1n) is 9.86. The van der Waals surface area contributed by atoms with Crippen molar-refractivity contribution in [1.29, 1.82) is 0 Å². The van der Waals surface area contributed by atoms with Crippen molar-refractivity contribution in [2.24, 2.45) is 0 Å². The van der Waals surface area contributed by atoms with E-state index in [1.165, 1.54) is 37.5 Å². The first kappa shape index (κ1) is 17.8. The second-order valence-corrected chi connectivity index (χ2v) is 8.74. The molecule has 1 N–H and O–H groups in total. The Labute approximate surface area is 156 Å². The monoisotopic (exact) mass is 352 g/mol. The maximum absolute atomic E-state index is 6.17. The molecule has 1 aliphatic heterocycles. The molecule has 0 bridgehead atoms. The van der Waals surface area contributed by atoms with Crippen molar-refractivity contribution >= 4 is 29.2 Å². The molecule has 2 fully saturated rings. The molecule has 0 radical (unpaired) electrons. The number of fused-ring (bicyclic) bond motifs is 1. The summed E-state index contributed by atoms with van der Waals surface area (Å²) in [5.74, 6) is 0.979. The number of aromatic nitrogens is 1. The zero-order chi connectivity index (χ0) is 18.4. The lowest BCUT2D eigenvalue weighted by Crippen LogP contribution is -2.41. The molecule has 4 rings (SSSR count). The summed E-state index contributed by atoms with van der Waals surface area (Å²) in [6.07, 6.45) is 8.47. The maximum Gasteiger partial charge on any atom is 0.494 e. The van der Waals surface area contributed by atoms with Gasteiger partial charge in [-0.1, -0.05) is 37.5 Å². The molecule has 1 aromatic carbocycles. The smallest absolute Gasteiger partial charge is 0.399 e. The van der Waals surface area contributed by atoms with Crippen molar-refractivity contribution in [2.45, 2.75) is 77.0 Å². The van der Waals surface area contributed by atoms with Gasteiger partial charge in [-0.25, -0.2) is 4.98 Å². The molecular weight excluding hydrogens is 323 g/mol. The van der Waals surface area contributed by atoms with Gasteiger partial charge in [0.15, 0.2) is 0 Å². The largest absolute Gasteiger partial charge is 0.494 e. The van der Waals surface area contributed by atoms with E-state index in [1.54, 1.807) is 0 Å². The molecule has 1 saturated heterocycles. The van der Waals surface area contributed by atoms with Crippen LogP contribution in [0.3, 0.4) is 0 Å². The van der Waals surface area contributed by atoms with Crippen LogP contribution in [-0.2, 0) is 9.31 Å². The minimum atomic E-state index is -0.329. The van der Waals surface area contributed by atoms with Gasteiger partial charge in [-0.2, -0.15) is 0 Å². The van der Waals surface area contributed by atoms with Crippen LogP contribution in [0.4, 0.5) is 5.82 Å². The Hall–Kier alpha value is -1.59. The second kappa shape index (κ2) is 6.54. The van der Waals surface area contributed by atoms with Crippen LogP contribution < -0.4 is 10.8 Å². The quantitative estimate of drug-likeness (QED) is 0.838. The highest BCUT2D eigenvalue weighted by Gasteiger charge is 2.51. The van der Waals surface area contributed by atoms with Crippen molar-refractivity contribution in [3.8, 4) is 0 Å². The average molecular weight is 352 g/mol. The minimum absolute atomic E-state index is 0.321. The number of nitrogens with zero attached hydrogens (tertiary/aromatic N) is 1. The van der Waals surface area contributed by atoms with Gasteiger partial charge >= 0.3 is 7.12 Å². The van der Waals surface area contributed by atoms with E-state index in [1.807, 2.05) is 6.20 Å². The zero-order valence-corrected chi connectivity index (χ0v) is 16.3. The fourth-order valence-electron chi connectivity index (χ4n) is 3.82. The van der Waals surface area contributed by atoms with Crippen LogP contribution in [0.1, 0.15) is 59.8 Å². The summed E-state index contributed by atoms with van der Waals surface area (Å²) in [5, 5.41) is 5.91. The van der Waals surface area contributed by atoms with E-state index in [2.05, 4.69) is 62.3 Å². The fraction of sp³-hybridized carbons (Fsp3) is 0.571. The molecule has 4 nitrogen and oxygen atoms in total. The molecule has 26 heavy (non-hydrogen) atoms. The Morgan fingerprint density at radius 3 is 2.35 bits per heavy atom. The number of nitrogens with one attached hydrogen (secondary N) is 1. The third-order valence-corrected chi connectivity index (χ3v) is 6.23. The number of hydrogen-bond acceptors (Lipinski definition) is 4. The van der Waals surface area contributed by atoms with Gasteiger partial charge in [0.1, 0.15) is 5.82 Å². The Morgan fingerprint density at radius 1 is 0.962 bits per heavy atom. The highest BCUT2D eigenvalue weighted by Crippen LogP contribution is 2.36. The van der Waals surface area contributed by atoms with E-state index in [-0.39, 0.29) is 18.3 Å². The summed E-state index contributed by atoms with van der Waals surface area (Å²) in [7, 11) is -0.329. The van der Waals surface area contributed by atoms with Crippen molar-refractivity contribution in [2.75, 3.05) is 5.32 Å². The van der Waals surface area contributed by atoms with Crippen LogP contribution >= 0.6 is 0 Å². The van der Waals surface area contributed by atoms with E-state index < -0.39 is 0 Å². The average Bonchev–Trinajstić information content (AvgIpc) is 2.83. The van der Waals surface area contributed by atoms with Gasteiger partial charge in [-0.05, 0) is 62.8 Å². The third kappa shape index (κ3) is 3.35. The van der Waals surface area contributed by atoms with Gasteiger partial charge in [0, 0.05) is 12.2 Å². The normalized spacial score (nSPS) is 22.7. The van der Waals surface area contributed by atoms with Crippen LogP contribution in [0, 0.1) is 0 Å². The molecule has 2 aromatic rings. The minimum Gasteiger partial charge on any atom is -0.399 e. The zero-order valence-electron chi connectivity index (χ0n) is 16.3. The lowest BCUT2D eigenvalue weighted by molar-refractivity contribution is 0.00578. The topological polar surface area (TPSA) is 43.4 Å². The van der Waals surface area contributed by atoms with Crippen LogP contribution in [0.15, 0.2) is 30.5 Å². The van der Waals surface area contributed by atoms with Crippen molar-refractivity contribution in [3.63, 3.8) is 0 Å². The first-order valence-corrected chi connectivity index (χ1v) is 9.86. The van der Waals surface area contributed by atoms with Gasteiger partial charge in [0.2, 0.25) is 0 Å². The van der Waals surface area contributed by atoms with Gasteiger partial charge in [0.05, 0.1) is 11.2 Å². The summed E-state index contributed by atoms with van der Waals surface area (Å²) in [6, 6.07) is 9.10. The summed E-state index contributed by atoms with van der Waals surface area (Å²) in [4.78, 5) is 4.63. The third-order valence-electron chi connectivity index (χ3n) is 6.23. The SMILES string of the molecule is CC1(C)OB(c2ccc3cc(NC4CCCCC4)ncc3c2)OC1(C)C. The number of rotatable bonds is 3. The predicted octanol–water partition coefficient (Wildman–Crippen LogP) is 4.28. The summed E-state index contributed by atoms with van der Waals surface area (Å²) < 4.78 is 12.3. The van der Waals surface area contributed by atoms with E-state index in [0.29, 0.717) is 6.04 Å². The molecule has 1 aromatic heterocycles. The predicted molar refractivity (Wildman–Crippen MR) is 108 cm³/mol. The second-order valence-electron chi connectivity index (χ2n) is 8.74. The molecule has 0 amide bonds. The Balaban J connectivity index is 1.54. The van der Waals surface area contributed by atoms with E-state index >= 15 is 0 Å². The Bertz CT molecular complexity index is 784. The van der Waals surface area contributed by atoms with Crippen LogP contribution in [0.2, 0.25) is 0 Å². The number of benzene rings is 1. The molecule has 0 atom stereocenters. The van der Waals surface area contributed by atoms with Gasteiger partial charge < -0.3 is 14.6 Å². The molecule has 0 unspecified atom stereocenters. The number of anilines is 1. The standard InChI is InChI=1S/C21H29BN2O2/c1-20(2)21(3,4)26-22(25-20)17-11-10-15-13-19(23-14-16(15)12-17)24-18-8-6-5-7-9-18/h10-14,18H,5-9H2,1-4H3,(H,23,24). The number of pyridine rings is 1. The molecule has 2 heterocycles. The Morgan fingerprint density at radius 2 is 1.65 bits per heavy atom. The van der Waals surface area contributed by atoms with Crippen LogP contribution in [0.5, 0.6) is 0 Å². The highest BCUT2D eigenvalue weighted by molar-refractivity contribution is 6.62. The Kier molecular flexibility index (Phi) is 4.48. The van der Waals surface area contributed by atoms with Gasteiger partial charge in [-0.15, -0.1) is 0 Å². The summed E-state index contributed by atoms with van der Waals surface area (Å²) in [6.45, 7) is 8.33. The van der Waals surface area contributed by atoms with Crippen LogP contribution in [0.25, 0.3) is 10.8 Å². The van der Waals surface area contributed by atoms with Crippen LogP contribution in [-0.4, -0.2) is 29.3 Å². The molecule has 1 saturated carbocycles. The molecule has 5 heteroatoms. The van der Waals surface area contributed by atoms with Gasteiger partial charge in [0.25, 0.3) is 0 Å². The van der Waals surface area contributed by atoms with Crippen molar-refractivity contribution in [3.05, 3.63) is 30.5 Å². The lowest BCUT2D eigenvalue weighted by Gasteiger charge is -2.32. The summed E-state index contributed by atoms with van der Waals surface area (Å²) >= 11 is 0. The molecule has 1 aliphatic carbocycles. The summed E-state index contributed by atoms with van der Waals surface area (Å²) in [5.41, 5.74) is 0.406. The van der Waals surface area contributed by atoms with E-state index in [9.17, 15) is 0 Å².